The number of carbonyl (C=O) groups is 1. The van der Waals surface area contributed by atoms with Gasteiger partial charge in [0.2, 0.25) is 5.91 Å². The molecule has 4 heterocycles. The minimum atomic E-state index is 0.0801. The smallest absolute Gasteiger partial charge is 0.227 e. The van der Waals surface area contributed by atoms with E-state index < -0.39 is 0 Å². The highest BCUT2D eigenvalue weighted by molar-refractivity contribution is 7.07. The summed E-state index contributed by atoms with van der Waals surface area (Å²) in [5.74, 6) is 0.356. The fraction of sp³-hybridized carbons (Fsp3) is 0.421. The number of aromatic nitrogens is 1. The van der Waals surface area contributed by atoms with Crippen LogP contribution in [0.15, 0.2) is 35.2 Å². The molecular formula is C19H20N4OS. The van der Waals surface area contributed by atoms with E-state index in [0.717, 1.165) is 43.7 Å². The van der Waals surface area contributed by atoms with Gasteiger partial charge in [-0.3, -0.25) is 9.69 Å². The lowest BCUT2D eigenvalue weighted by molar-refractivity contribution is -0.140. The summed E-state index contributed by atoms with van der Waals surface area (Å²) >= 11 is 1.57. The Kier molecular flexibility index (Phi) is 4.51. The van der Waals surface area contributed by atoms with Crippen molar-refractivity contribution in [3.05, 3.63) is 52.0 Å². The second-order valence-corrected chi connectivity index (χ2v) is 7.60. The highest BCUT2D eigenvalue weighted by Gasteiger charge is 2.40. The molecule has 3 fully saturated rings. The summed E-state index contributed by atoms with van der Waals surface area (Å²) < 4.78 is 0. The average Bonchev–Trinajstić information content (AvgIpc) is 3.01. The molecule has 3 aliphatic heterocycles. The van der Waals surface area contributed by atoms with Gasteiger partial charge < -0.3 is 4.90 Å². The van der Waals surface area contributed by atoms with E-state index in [1.165, 1.54) is 0 Å². The lowest BCUT2D eigenvalue weighted by atomic mass is 9.94. The second kappa shape index (κ2) is 6.95. The molecule has 1 aromatic heterocycles. The van der Waals surface area contributed by atoms with Crippen molar-refractivity contribution in [2.45, 2.75) is 32.0 Å². The molecule has 25 heavy (non-hydrogen) atoms. The zero-order chi connectivity index (χ0) is 17.2. The van der Waals surface area contributed by atoms with Crippen LogP contribution in [0.4, 0.5) is 0 Å². The lowest BCUT2D eigenvalue weighted by Crippen LogP contribution is -2.47. The van der Waals surface area contributed by atoms with Crippen molar-refractivity contribution >= 4 is 17.2 Å². The quantitative estimate of drug-likeness (QED) is 0.849. The number of nitriles is 1. The molecular weight excluding hydrogens is 332 g/mol. The normalized spacial score (nSPS) is 23.5. The van der Waals surface area contributed by atoms with Gasteiger partial charge in [-0.25, -0.2) is 4.98 Å². The molecule has 1 amide bonds. The van der Waals surface area contributed by atoms with Crippen LogP contribution in [0, 0.1) is 17.2 Å². The standard InChI is InChI=1S/C19H20N4OS/c20-7-14-2-1-3-15(6-14)8-22-9-16-4-5-18(11-22)23(19(16)24)10-17-12-25-13-21-17/h1-3,6,12-13,16,18H,4-5,8-11H2/t16-,18+/m1/s1. The predicted molar refractivity (Wildman–Crippen MR) is 95.6 cm³/mol. The van der Waals surface area contributed by atoms with Crippen molar-refractivity contribution in [3.63, 3.8) is 0 Å². The maximum Gasteiger partial charge on any atom is 0.227 e. The highest BCUT2D eigenvalue weighted by Crippen LogP contribution is 2.31. The number of thiazole rings is 1. The molecule has 3 aliphatic rings. The summed E-state index contributed by atoms with van der Waals surface area (Å²) in [5.41, 5.74) is 4.64. The third-order valence-corrected chi connectivity index (χ3v) is 5.78. The summed E-state index contributed by atoms with van der Waals surface area (Å²) in [6.07, 6.45) is 2.04. The van der Waals surface area contributed by atoms with Crippen LogP contribution in [-0.4, -0.2) is 39.8 Å². The minimum absolute atomic E-state index is 0.0801. The fourth-order valence-electron chi connectivity index (χ4n) is 3.95. The second-order valence-electron chi connectivity index (χ2n) is 6.88. The van der Waals surface area contributed by atoms with Crippen LogP contribution >= 0.6 is 11.3 Å². The van der Waals surface area contributed by atoms with Crippen LogP contribution in [0.2, 0.25) is 0 Å². The zero-order valence-electron chi connectivity index (χ0n) is 14.0. The molecule has 0 N–H and O–H groups in total. The first kappa shape index (κ1) is 16.2. The van der Waals surface area contributed by atoms with Gasteiger partial charge in [-0.2, -0.15) is 5.26 Å². The summed E-state index contributed by atoms with van der Waals surface area (Å²) in [6, 6.07) is 10.2. The first-order valence-electron chi connectivity index (χ1n) is 8.62. The topological polar surface area (TPSA) is 60.2 Å². The first-order valence-corrected chi connectivity index (χ1v) is 9.56. The van der Waals surface area contributed by atoms with E-state index in [2.05, 4.69) is 22.0 Å². The molecule has 0 aliphatic carbocycles. The van der Waals surface area contributed by atoms with Crippen molar-refractivity contribution in [1.82, 2.24) is 14.8 Å². The molecule has 3 saturated heterocycles. The molecule has 1 aromatic carbocycles. The number of amides is 1. The Morgan fingerprint density at radius 1 is 1.28 bits per heavy atom. The lowest BCUT2D eigenvalue weighted by Gasteiger charge is -2.35. The van der Waals surface area contributed by atoms with Gasteiger partial charge in [0, 0.05) is 31.1 Å². The predicted octanol–water partition coefficient (Wildman–Crippen LogP) is 2.64. The Balaban J connectivity index is 1.50. The molecule has 5 rings (SSSR count). The Morgan fingerprint density at radius 2 is 2.20 bits per heavy atom. The van der Waals surface area contributed by atoms with Gasteiger partial charge in [0.1, 0.15) is 0 Å². The van der Waals surface area contributed by atoms with Crippen LogP contribution in [0.5, 0.6) is 0 Å². The zero-order valence-corrected chi connectivity index (χ0v) is 14.8. The van der Waals surface area contributed by atoms with Gasteiger partial charge >= 0.3 is 0 Å². The van der Waals surface area contributed by atoms with E-state index >= 15 is 0 Å². The summed E-state index contributed by atoms with van der Waals surface area (Å²) in [7, 11) is 0. The highest BCUT2D eigenvalue weighted by atomic mass is 32.1. The fourth-order valence-corrected chi connectivity index (χ4v) is 4.50. The first-order chi connectivity index (χ1) is 12.2. The molecule has 0 saturated carbocycles. The summed E-state index contributed by atoms with van der Waals surface area (Å²) in [4.78, 5) is 21.6. The number of nitrogens with zero attached hydrogens (tertiary/aromatic N) is 4. The number of fused-ring (bicyclic) bond motifs is 4. The number of piperidine rings is 1. The van der Waals surface area contributed by atoms with Crippen LogP contribution in [-0.2, 0) is 17.9 Å². The van der Waals surface area contributed by atoms with Crippen molar-refractivity contribution in [2.24, 2.45) is 5.92 Å². The van der Waals surface area contributed by atoms with E-state index in [-0.39, 0.29) is 17.9 Å². The number of hydrogen-bond acceptors (Lipinski definition) is 5. The monoisotopic (exact) mass is 352 g/mol. The van der Waals surface area contributed by atoms with Crippen LogP contribution in [0.1, 0.15) is 29.7 Å². The maximum atomic E-state index is 12.9. The van der Waals surface area contributed by atoms with E-state index in [9.17, 15) is 4.79 Å². The third-order valence-electron chi connectivity index (χ3n) is 5.15. The maximum absolute atomic E-state index is 12.9. The molecule has 0 radical (unpaired) electrons. The molecule has 2 bridgehead atoms. The van der Waals surface area contributed by atoms with E-state index in [0.29, 0.717) is 12.1 Å². The van der Waals surface area contributed by atoms with Gasteiger partial charge in [0.05, 0.1) is 35.3 Å². The van der Waals surface area contributed by atoms with Crippen LogP contribution < -0.4 is 0 Å². The SMILES string of the molecule is N#Cc1cccc(CN2C[C@H]3CC[C@@H](C2)N(Cc2cscn2)C3=O)c1. The summed E-state index contributed by atoms with van der Waals surface area (Å²) in [5, 5.41) is 11.1. The van der Waals surface area contributed by atoms with Gasteiger partial charge in [-0.15, -0.1) is 11.3 Å². The number of hydrogen-bond donors (Lipinski definition) is 0. The Hall–Kier alpha value is -2.23. The van der Waals surface area contributed by atoms with E-state index in [1.54, 1.807) is 11.3 Å². The van der Waals surface area contributed by atoms with Gasteiger partial charge in [0.15, 0.2) is 0 Å². The van der Waals surface area contributed by atoms with Gasteiger partial charge in [-0.05, 0) is 30.5 Å². The molecule has 0 unspecified atom stereocenters. The molecule has 128 valence electrons. The van der Waals surface area contributed by atoms with Gasteiger partial charge in [-0.1, -0.05) is 12.1 Å². The van der Waals surface area contributed by atoms with Gasteiger partial charge in [0.25, 0.3) is 0 Å². The molecule has 2 aromatic rings. The minimum Gasteiger partial charge on any atom is -0.332 e. The van der Waals surface area contributed by atoms with Crippen LogP contribution in [0.25, 0.3) is 0 Å². The molecule has 6 heteroatoms. The van der Waals surface area contributed by atoms with Crippen LogP contribution in [0.3, 0.4) is 0 Å². The van der Waals surface area contributed by atoms with E-state index in [4.69, 9.17) is 5.26 Å². The Morgan fingerprint density at radius 3 is 3.00 bits per heavy atom. The largest absolute Gasteiger partial charge is 0.332 e. The average molecular weight is 352 g/mol. The van der Waals surface area contributed by atoms with E-state index in [1.807, 2.05) is 34.0 Å². The molecule has 5 nitrogen and oxygen atoms in total. The third kappa shape index (κ3) is 3.44. The Labute approximate surface area is 151 Å². The van der Waals surface area contributed by atoms with Crippen molar-refractivity contribution < 1.29 is 4.79 Å². The molecule has 0 spiro atoms. The number of carbonyl (C=O) groups excluding carboxylic acids is 1. The number of benzene rings is 1. The van der Waals surface area contributed by atoms with Crippen molar-refractivity contribution in [1.29, 1.82) is 5.26 Å². The number of rotatable bonds is 4. The summed E-state index contributed by atoms with van der Waals surface area (Å²) in [6.45, 7) is 3.12. The van der Waals surface area contributed by atoms with Crippen molar-refractivity contribution in [2.75, 3.05) is 13.1 Å². The molecule has 2 atom stereocenters. The van der Waals surface area contributed by atoms with Crippen molar-refractivity contribution in [3.8, 4) is 6.07 Å². The Bertz CT molecular complexity index is 798.